The van der Waals surface area contributed by atoms with E-state index in [1.54, 1.807) is 29.3 Å². The number of nitrogens with one attached hydrogen (secondary N) is 1. The summed E-state index contributed by atoms with van der Waals surface area (Å²) in [6, 6.07) is 11.2. The molecule has 1 aromatic heterocycles. The molecule has 9 heteroatoms. The Morgan fingerprint density at radius 3 is 2.68 bits per heavy atom. The SMILES string of the molecule is O=C(Nc1ccccc1OCC(F)(F)F)C1CC(=O)N(Cc2ccccn2)C1. The Balaban J connectivity index is 1.62. The zero-order chi connectivity index (χ0) is 20.1. The lowest BCUT2D eigenvalue weighted by atomic mass is 10.1. The number of ether oxygens (including phenoxy) is 1. The van der Waals surface area contributed by atoms with E-state index in [1.807, 2.05) is 6.07 Å². The lowest BCUT2D eigenvalue weighted by molar-refractivity contribution is -0.153. The van der Waals surface area contributed by atoms with Crippen LogP contribution in [0.5, 0.6) is 5.75 Å². The molecule has 28 heavy (non-hydrogen) atoms. The molecule has 2 heterocycles. The number of benzene rings is 1. The van der Waals surface area contributed by atoms with Crippen LogP contribution < -0.4 is 10.1 Å². The van der Waals surface area contributed by atoms with E-state index < -0.39 is 24.6 Å². The van der Waals surface area contributed by atoms with Gasteiger partial charge in [-0.15, -0.1) is 0 Å². The molecule has 0 spiro atoms. The molecule has 0 saturated carbocycles. The predicted molar refractivity (Wildman–Crippen MR) is 94.4 cm³/mol. The van der Waals surface area contributed by atoms with E-state index in [-0.39, 0.29) is 30.3 Å². The highest BCUT2D eigenvalue weighted by Gasteiger charge is 2.35. The number of likely N-dealkylation sites (tertiary alicyclic amines) is 1. The summed E-state index contributed by atoms with van der Waals surface area (Å²) >= 11 is 0. The zero-order valence-electron chi connectivity index (χ0n) is 14.8. The van der Waals surface area contributed by atoms with Crippen LogP contribution in [0.1, 0.15) is 12.1 Å². The van der Waals surface area contributed by atoms with Crippen molar-refractivity contribution < 1.29 is 27.5 Å². The number of amides is 2. The lowest BCUT2D eigenvalue weighted by Gasteiger charge is -2.17. The fraction of sp³-hybridized carbons (Fsp3) is 0.316. The molecule has 0 bridgehead atoms. The van der Waals surface area contributed by atoms with Crippen LogP contribution in [0.4, 0.5) is 18.9 Å². The van der Waals surface area contributed by atoms with Gasteiger partial charge in [0.2, 0.25) is 11.8 Å². The topological polar surface area (TPSA) is 71.5 Å². The van der Waals surface area contributed by atoms with Gasteiger partial charge in [-0.25, -0.2) is 0 Å². The molecule has 0 aliphatic carbocycles. The number of pyridine rings is 1. The van der Waals surface area contributed by atoms with Gasteiger partial charge in [0.05, 0.1) is 23.8 Å². The molecule has 2 amide bonds. The number of alkyl halides is 3. The average molecular weight is 393 g/mol. The molecule has 1 aliphatic rings. The van der Waals surface area contributed by atoms with Crippen LogP contribution in [-0.4, -0.2) is 41.0 Å². The molecule has 1 atom stereocenters. The molecule has 6 nitrogen and oxygen atoms in total. The average Bonchev–Trinajstić information content (AvgIpc) is 3.02. The molecule has 3 rings (SSSR count). The van der Waals surface area contributed by atoms with Crippen LogP contribution in [0.3, 0.4) is 0 Å². The number of carbonyl (C=O) groups excluding carboxylic acids is 2. The van der Waals surface area contributed by atoms with Gasteiger partial charge in [0.1, 0.15) is 5.75 Å². The van der Waals surface area contributed by atoms with E-state index in [1.165, 1.54) is 18.2 Å². The highest BCUT2D eigenvalue weighted by Crippen LogP contribution is 2.28. The minimum Gasteiger partial charge on any atom is -0.482 e. The van der Waals surface area contributed by atoms with Crippen molar-refractivity contribution in [1.82, 2.24) is 9.88 Å². The summed E-state index contributed by atoms with van der Waals surface area (Å²) < 4.78 is 41.9. The minimum absolute atomic E-state index is 0.0320. The van der Waals surface area contributed by atoms with Crippen LogP contribution in [0, 0.1) is 5.92 Å². The second-order valence-electron chi connectivity index (χ2n) is 6.39. The van der Waals surface area contributed by atoms with Crippen molar-refractivity contribution in [2.24, 2.45) is 5.92 Å². The van der Waals surface area contributed by atoms with Gasteiger partial charge in [-0.2, -0.15) is 13.2 Å². The van der Waals surface area contributed by atoms with Crippen LogP contribution in [0.15, 0.2) is 48.7 Å². The number of hydrogen-bond donors (Lipinski definition) is 1. The molecule has 1 N–H and O–H groups in total. The number of halogens is 3. The fourth-order valence-electron chi connectivity index (χ4n) is 2.88. The third-order valence-electron chi connectivity index (χ3n) is 4.20. The first-order valence-corrected chi connectivity index (χ1v) is 8.59. The zero-order valence-corrected chi connectivity index (χ0v) is 14.8. The Morgan fingerprint density at radius 1 is 1.21 bits per heavy atom. The first kappa shape index (κ1) is 19.7. The maximum Gasteiger partial charge on any atom is 0.422 e. The van der Waals surface area contributed by atoms with Gasteiger partial charge < -0.3 is 15.0 Å². The summed E-state index contributed by atoms with van der Waals surface area (Å²) in [4.78, 5) is 30.4. The molecule has 1 fully saturated rings. The molecule has 2 aromatic rings. The fourth-order valence-corrected chi connectivity index (χ4v) is 2.88. The lowest BCUT2D eigenvalue weighted by Crippen LogP contribution is -2.28. The summed E-state index contributed by atoms with van der Waals surface area (Å²) in [6.07, 6.45) is -2.83. The van der Waals surface area contributed by atoms with Crippen LogP contribution in [0.25, 0.3) is 0 Å². The summed E-state index contributed by atoms with van der Waals surface area (Å²) in [5.74, 6) is -1.30. The number of anilines is 1. The normalized spacial score (nSPS) is 16.9. The van der Waals surface area contributed by atoms with E-state index in [4.69, 9.17) is 4.74 Å². The van der Waals surface area contributed by atoms with Gasteiger partial charge >= 0.3 is 6.18 Å². The Bertz CT molecular complexity index is 843. The van der Waals surface area contributed by atoms with Crippen molar-refractivity contribution in [3.05, 3.63) is 54.4 Å². The standard InChI is InChI=1S/C19H18F3N3O3/c20-19(21,22)12-28-16-7-2-1-6-15(16)24-18(27)13-9-17(26)25(10-13)11-14-5-3-4-8-23-14/h1-8,13H,9-12H2,(H,24,27). The van der Waals surface area contributed by atoms with Gasteiger partial charge in [-0.05, 0) is 24.3 Å². The second kappa shape index (κ2) is 8.28. The first-order chi connectivity index (χ1) is 13.3. The van der Waals surface area contributed by atoms with Gasteiger partial charge in [0.25, 0.3) is 0 Å². The van der Waals surface area contributed by atoms with Crippen LogP contribution >= 0.6 is 0 Å². The van der Waals surface area contributed by atoms with E-state index in [0.29, 0.717) is 12.2 Å². The van der Waals surface area contributed by atoms with Gasteiger partial charge in [-0.1, -0.05) is 18.2 Å². The second-order valence-corrected chi connectivity index (χ2v) is 6.39. The van der Waals surface area contributed by atoms with Crippen molar-refractivity contribution in [2.75, 3.05) is 18.5 Å². The Labute approximate surface area is 159 Å². The monoisotopic (exact) mass is 393 g/mol. The smallest absolute Gasteiger partial charge is 0.422 e. The van der Waals surface area contributed by atoms with Crippen molar-refractivity contribution in [2.45, 2.75) is 19.1 Å². The third-order valence-corrected chi connectivity index (χ3v) is 4.20. The van der Waals surface area contributed by atoms with Crippen LogP contribution in [-0.2, 0) is 16.1 Å². The third kappa shape index (κ3) is 5.21. The minimum atomic E-state index is -4.49. The highest BCUT2D eigenvalue weighted by atomic mass is 19.4. The van der Waals surface area contributed by atoms with E-state index in [9.17, 15) is 22.8 Å². The molecular weight excluding hydrogens is 375 g/mol. The summed E-state index contributed by atoms with van der Waals surface area (Å²) in [7, 11) is 0. The first-order valence-electron chi connectivity index (χ1n) is 8.59. The Morgan fingerprint density at radius 2 is 1.96 bits per heavy atom. The summed E-state index contributed by atoms with van der Waals surface area (Å²) in [5.41, 5.74) is 0.843. The molecule has 1 saturated heterocycles. The molecule has 1 aromatic carbocycles. The van der Waals surface area contributed by atoms with Crippen molar-refractivity contribution in [3.8, 4) is 5.75 Å². The maximum atomic E-state index is 12.5. The van der Waals surface area contributed by atoms with Gasteiger partial charge in [0.15, 0.2) is 6.61 Å². The number of para-hydroxylation sites is 2. The highest BCUT2D eigenvalue weighted by molar-refractivity contribution is 5.98. The summed E-state index contributed by atoms with van der Waals surface area (Å²) in [5, 5.41) is 2.57. The number of rotatable bonds is 6. The number of hydrogen-bond acceptors (Lipinski definition) is 4. The van der Waals surface area contributed by atoms with Gasteiger partial charge in [0, 0.05) is 19.2 Å². The predicted octanol–water partition coefficient (Wildman–Crippen LogP) is 3.01. The number of carbonyl (C=O) groups is 2. The molecule has 0 radical (unpaired) electrons. The number of aromatic nitrogens is 1. The molecule has 148 valence electrons. The molecule has 1 aliphatic heterocycles. The van der Waals surface area contributed by atoms with E-state index >= 15 is 0 Å². The van der Waals surface area contributed by atoms with Crippen molar-refractivity contribution in [1.29, 1.82) is 0 Å². The Hall–Kier alpha value is -3.10. The molecular formula is C19H18F3N3O3. The van der Waals surface area contributed by atoms with Crippen molar-refractivity contribution >= 4 is 17.5 Å². The Kier molecular flexibility index (Phi) is 5.81. The number of nitrogens with zero attached hydrogens (tertiary/aromatic N) is 2. The van der Waals surface area contributed by atoms with Crippen molar-refractivity contribution in [3.63, 3.8) is 0 Å². The van der Waals surface area contributed by atoms with Gasteiger partial charge in [-0.3, -0.25) is 14.6 Å². The maximum absolute atomic E-state index is 12.5. The van der Waals surface area contributed by atoms with E-state index in [2.05, 4.69) is 10.3 Å². The largest absolute Gasteiger partial charge is 0.482 e. The molecule has 1 unspecified atom stereocenters. The summed E-state index contributed by atoms with van der Waals surface area (Å²) in [6.45, 7) is -0.943. The van der Waals surface area contributed by atoms with Crippen LogP contribution in [0.2, 0.25) is 0 Å². The van der Waals surface area contributed by atoms with E-state index in [0.717, 1.165) is 0 Å². The quantitative estimate of drug-likeness (QED) is 0.819.